The fourth-order valence-electron chi connectivity index (χ4n) is 7.49. The van der Waals surface area contributed by atoms with Crippen molar-refractivity contribution < 1.29 is 19.4 Å². The first-order valence-electron chi connectivity index (χ1n) is 16.6. The van der Waals surface area contributed by atoms with Crippen LogP contribution in [0.15, 0.2) is 42.6 Å². The molecule has 0 aliphatic carbocycles. The summed E-state index contributed by atoms with van der Waals surface area (Å²) < 4.78 is 11.9. The van der Waals surface area contributed by atoms with Crippen LogP contribution in [0, 0.1) is 27.7 Å². The molecule has 0 spiro atoms. The molecule has 258 valence electrons. The van der Waals surface area contributed by atoms with E-state index in [2.05, 4.69) is 9.67 Å². The van der Waals surface area contributed by atoms with Crippen molar-refractivity contribution in [2.45, 2.75) is 53.5 Å². The van der Waals surface area contributed by atoms with E-state index >= 15 is 4.79 Å². The molecule has 12 heteroatoms. The highest BCUT2D eigenvalue weighted by molar-refractivity contribution is 6.35. The fourth-order valence-corrected chi connectivity index (χ4v) is 7.85. The Morgan fingerprint density at radius 1 is 0.960 bits per heavy atom. The summed E-state index contributed by atoms with van der Waals surface area (Å²) in [5.74, 6) is -0.519. The van der Waals surface area contributed by atoms with E-state index in [0.717, 1.165) is 60.9 Å². The number of nitrogens with zero attached hydrogens (tertiary/aromatic N) is 6. The zero-order valence-corrected chi connectivity index (χ0v) is 30.4. The smallest absolute Gasteiger partial charge is 0.335 e. The first-order chi connectivity index (χ1) is 23.9. The molecule has 0 saturated heterocycles. The molecule has 1 amide bonds. The minimum atomic E-state index is -1.07. The Morgan fingerprint density at radius 3 is 2.38 bits per heavy atom. The Morgan fingerprint density at radius 2 is 1.70 bits per heavy atom. The molecule has 50 heavy (non-hydrogen) atoms. The van der Waals surface area contributed by atoms with Gasteiger partial charge in [0.15, 0.2) is 0 Å². The maximum absolute atomic E-state index is 15.1. The normalized spacial score (nSPS) is 13.4. The summed E-state index contributed by atoms with van der Waals surface area (Å²) in [5.41, 5.74) is 9.21. The molecule has 4 heterocycles. The van der Waals surface area contributed by atoms with E-state index in [9.17, 15) is 9.90 Å². The SMILES string of the molecule is Cc1cc(OCCCc2c3n(c4c(-c5c(C)nn(C)c5C)c(Cl)ccc24)CCCN(c2cc(C(=O)O)cc4cnn(C)c24)C3=O)cc(C)c1Cl. The van der Waals surface area contributed by atoms with Crippen molar-refractivity contribution in [2.75, 3.05) is 18.1 Å². The number of rotatable bonds is 8. The minimum absolute atomic E-state index is 0.0970. The van der Waals surface area contributed by atoms with E-state index in [1.165, 1.54) is 0 Å². The summed E-state index contributed by atoms with van der Waals surface area (Å²) in [4.78, 5) is 29.0. The van der Waals surface area contributed by atoms with Crippen LogP contribution in [0.3, 0.4) is 0 Å². The number of hydrogen-bond donors (Lipinski definition) is 1. The highest BCUT2D eigenvalue weighted by atomic mass is 35.5. The van der Waals surface area contributed by atoms with Gasteiger partial charge >= 0.3 is 5.97 Å². The van der Waals surface area contributed by atoms with Gasteiger partial charge in [0.2, 0.25) is 0 Å². The Labute approximate surface area is 299 Å². The molecule has 0 atom stereocenters. The van der Waals surface area contributed by atoms with Crippen LogP contribution in [0.25, 0.3) is 32.9 Å². The van der Waals surface area contributed by atoms with Crippen molar-refractivity contribution >= 4 is 62.6 Å². The van der Waals surface area contributed by atoms with Gasteiger partial charge in [-0.3, -0.25) is 14.2 Å². The summed E-state index contributed by atoms with van der Waals surface area (Å²) >= 11 is 13.4. The molecule has 6 aromatic rings. The lowest BCUT2D eigenvalue weighted by molar-refractivity contribution is 0.0696. The van der Waals surface area contributed by atoms with Crippen LogP contribution >= 0.6 is 23.2 Å². The number of benzene rings is 3. The molecule has 3 aromatic heterocycles. The molecule has 3 aromatic carbocycles. The van der Waals surface area contributed by atoms with E-state index in [1.807, 2.05) is 63.7 Å². The van der Waals surface area contributed by atoms with Crippen LogP contribution in [-0.2, 0) is 27.1 Å². The molecule has 0 unspecified atom stereocenters. The third kappa shape index (κ3) is 5.51. The molecule has 0 bridgehead atoms. The maximum Gasteiger partial charge on any atom is 0.335 e. The van der Waals surface area contributed by atoms with E-state index < -0.39 is 5.97 Å². The number of fused-ring (bicyclic) bond motifs is 4. The highest BCUT2D eigenvalue weighted by Crippen LogP contribution is 2.43. The maximum atomic E-state index is 15.1. The second kappa shape index (κ2) is 12.8. The Hall–Kier alpha value is -4.80. The van der Waals surface area contributed by atoms with Gasteiger partial charge in [0, 0.05) is 59.8 Å². The number of aromatic carboxylic acids is 1. The van der Waals surface area contributed by atoms with Gasteiger partial charge in [-0.25, -0.2) is 4.79 Å². The van der Waals surface area contributed by atoms with Gasteiger partial charge in [-0.1, -0.05) is 29.3 Å². The van der Waals surface area contributed by atoms with Gasteiger partial charge in [0.1, 0.15) is 11.4 Å². The van der Waals surface area contributed by atoms with Crippen LogP contribution in [0.5, 0.6) is 5.75 Å². The minimum Gasteiger partial charge on any atom is -0.494 e. The van der Waals surface area contributed by atoms with Crippen LogP contribution < -0.4 is 9.64 Å². The van der Waals surface area contributed by atoms with Gasteiger partial charge in [-0.05, 0) is 94.0 Å². The predicted octanol–water partition coefficient (Wildman–Crippen LogP) is 8.23. The molecular weight excluding hydrogens is 675 g/mol. The van der Waals surface area contributed by atoms with Gasteiger partial charge in [0.05, 0.1) is 45.8 Å². The van der Waals surface area contributed by atoms with Crippen molar-refractivity contribution in [1.29, 1.82) is 0 Å². The third-order valence-corrected chi connectivity index (χ3v) is 10.8. The van der Waals surface area contributed by atoms with Crippen molar-refractivity contribution in [1.82, 2.24) is 24.1 Å². The lowest BCUT2D eigenvalue weighted by Crippen LogP contribution is -2.32. The average Bonchev–Trinajstić information content (AvgIpc) is 3.64. The van der Waals surface area contributed by atoms with Gasteiger partial charge < -0.3 is 19.3 Å². The van der Waals surface area contributed by atoms with E-state index in [0.29, 0.717) is 66.3 Å². The molecule has 10 nitrogen and oxygen atoms in total. The summed E-state index contributed by atoms with van der Waals surface area (Å²) in [6.07, 6.45) is 3.47. The molecule has 7 rings (SSSR count). The van der Waals surface area contributed by atoms with Crippen molar-refractivity contribution in [3.05, 3.63) is 92.0 Å². The molecule has 1 aliphatic heterocycles. The second-order valence-corrected chi connectivity index (χ2v) is 13.9. The molecular formula is C38H38Cl2N6O4. The number of carboxylic acids is 1. The van der Waals surface area contributed by atoms with Crippen LogP contribution in [0.1, 0.15) is 61.8 Å². The first-order valence-corrected chi connectivity index (χ1v) is 17.4. The van der Waals surface area contributed by atoms with E-state index in [1.54, 1.807) is 35.0 Å². The fraction of sp³-hybridized carbons (Fsp3) is 0.316. The number of anilines is 1. The van der Waals surface area contributed by atoms with E-state index in [-0.39, 0.29) is 11.5 Å². The quantitative estimate of drug-likeness (QED) is 0.159. The number of hydrogen-bond acceptors (Lipinski definition) is 5. The number of ether oxygens (including phenoxy) is 1. The standard InChI is InChI=1S/C38H38Cl2N6O4/c1-20-15-26(16-21(2)33(20)40)50-14-7-9-27-28-10-11-29(39)32(31-22(3)42-43(5)23(31)4)35(28)46-13-8-12-45(37(47)36(27)46)30-18-24(38(48)49)17-25-19-41-44(6)34(25)30/h10-11,15-19H,7-9,12-14H2,1-6H3,(H,48,49). The van der Waals surface area contributed by atoms with Crippen LogP contribution in [0.4, 0.5) is 5.69 Å². The molecule has 1 N–H and O–H groups in total. The topological polar surface area (TPSA) is 107 Å². The lowest BCUT2D eigenvalue weighted by atomic mass is 9.98. The Bertz CT molecular complexity index is 2350. The Kier molecular flexibility index (Phi) is 8.64. The van der Waals surface area contributed by atoms with Crippen LogP contribution in [0.2, 0.25) is 10.0 Å². The summed E-state index contributed by atoms with van der Waals surface area (Å²) in [6, 6.07) is 11.0. The van der Waals surface area contributed by atoms with E-state index in [4.69, 9.17) is 33.0 Å². The van der Waals surface area contributed by atoms with Gasteiger partial charge in [-0.15, -0.1) is 0 Å². The number of aryl methyl sites for hydroxylation is 7. The van der Waals surface area contributed by atoms with Gasteiger partial charge in [-0.2, -0.15) is 10.2 Å². The van der Waals surface area contributed by atoms with Crippen LogP contribution in [-0.4, -0.2) is 54.3 Å². The predicted molar refractivity (Wildman–Crippen MR) is 197 cm³/mol. The van der Waals surface area contributed by atoms with Crippen molar-refractivity contribution in [3.63, 3.8) is 0 Å². The molecule has 1 aliphatic rings. The summed E-state index contributed by atoms with van der Waals surface area (Å²) in [7, 11) is 3.72. The number of carbonyl (C=O) groups excluding carboxylic acids is 1. The Balaban J connectivity index is 1.39. The monoisotopic (exact) mass is 712 g/mol. The zero-order valence-electron chi connectivity index (χ0n) is 28.9. The number of amides is 1. The molecule has 0 radical (unpaired) electrons. The van der Waals surface area contributed by atoms with Crippen molar-refractivity contribution in [3.8, 4) is 16.9 Å². The zero-order chi connectivity index (χ0) is 35.6. The van der Waals surface area contributed by atoms with Crippen molar-refractivity contribution in [2.24, 2.45) is 14.1 Å². The third-order valence-electron chi connectivity index (χ3n) is 9.85. The largest absolute Gasteiger partial charge is 0.494 e. The summed E-state index contributed by atoms with van der Waals surface area (Å²) in [5, 5.41) is 22.0. The number of carbonyl (C=O) groups is 2. The lowest BCUT2D eigenvalue weighted by Gasteiger charge is -2.23. The second-order valence-electron chi connectivity index (χ2n) is 13.1. The average molecular weight is 714 g/mol. The molecule has 0 saturated carbocycles. The van der Waals surface area contributed by atoms with Gasteiger partial charge in [0.25, 0.3) is 5.91 Å². The number of aromatic nitrogens is 5. The highest BCUT2D eigenvalue weighted by Gasteiger charge is 2.33. The summed E-state index contributed by atoms with van der Waals surface area (Å²) in [6.45, 7) is 9.31. The molecule has 0 fully saturated rings. The number of halogens is 2. The first kappa shape index (κ1) is 33.7. The number of carboxylic acid groups (broad SMARTS) is 1.